The number of amides is 2. The van der Waals surface area contributed by atoms with Gasteiger partial charge in [0.15, 0.2) is 11.8 Å². The third-order valence-electron chi connectivity index (χ3n) is 6.06. The topological polar surface area (TPSA) is 97.8 Å². The molecule has 3 atom stereocenters. The number of carbonyl (C=O) groups is 2. The van der Waals surface area contributed by atoms with Gasteiger partial charge in [-0.15, -0.1) is 0 Å². The van der Waals surface area contributed by atoms with Gasteiger partial charge in [0.05, 0.1) is 13.2 Å². The van der Waals surface area contributed by atoms with Crippen LogP contribution >= 0.6 is 0 Å². The lowest BCUT2D eigenvalue weighted by molar-refractivity contribution is -0.143. The molecule has 2 amide bonds. The van der Waals surface area contributed by atoms with E-state index in [2.05, 4.69) is 0 Å². The molecule has 2 bridgehead atoms. The molecule has 2 aromatic carbocycles. The summed E-state index contributed by atoms with van der Waals surface area (Å²) in [4.78, 5) is 32.3. The third kappa shape index (κ3) is 4.15. The quantitative estimate of drug-likeness (QED) is 0.686. The van der Waals surface area contributed by atoms with Crippen molar-refractivity contribution in [3.05, 3.63) is 65.2 Å². The number of nitrogens with zero attached hydrogens (tertiary/aromatic N) is 2. The van der Waals surface area contributed by atoms with E-state index in [0.29, 0.717) is 30.1 Å². The van der Waals surface area contributed by atoms with Crippen molar-refractivity contribution in [3.63, 3.8) is 0 Å². The average molecular weight is 454 g/mol. The van der Waals surface area contributed by atoms with Crippen molar-refractivity contribution in [3.8, 4) is 5.75 Å². The second-order valence-electron chi connectivity index (χ2n) is 8.83. The lowest BCUT2D eigenvalue weighted by Gasteiger charge is -2.30. The van der Waals surface area contributed by atoms with Gasteiger partial charge in [-0.25, -0.2) is 9.59 Å². The van der Waals surface area contributed by atoms with E-state index in [1.807, 2.05) is 44.2 Å². The summed E-state index contributed by atoms with van der Waals surface area (Å²) in [6, 6.07) is 12.8. The van der Waals surface area contributed by atoms with Gasteiger partial charge in [-0.05, 0) is 42.7 Å². The summed E-state index contributed by atoms with van der Waals surface area (Å²) in [6.07, 6.45) is -0.197. The van der Waals surface area contributed by atoms with Crippen LogP contribution < -0.4 is 4.74 Å². The largest absolute Gasteiger partial charge is 0.491 e. The Morgan fingerprint density at radius 2 is 1.97 bits per heavy atom. The predicted octanol–water partition coefficient (Wildman–Crippen LogP) is 3.27. The number of urea groups is 1. The van der Waals surface area contributed by atoms with Gasteiger partial charge in [-0.1, -0.05) is 36.4 Å². The molecule has 9 nitrogen and oxygen atoms in total. The number of benzene rings is 2. The highest BCUT2D eigenvalue weighted by atomic mass is 16.7. The maximum Gasteiger partial charge on any atom is 0.345 e. The van der Waals surface area contributed by atoms with Crippen molar-refractivity contribution < 1.29 is 33.7 Å². The van der Waals surface area contributed by atoms with E-state index in [1.54, 1.807) is 18.2 Å². The Hall–Kier alpha value is -3.14. The van der Waals surface area contributed by atoms with E-state index in [4.69, 9.17) is 19.0 Å². The highest BCUT2D eigenvalue weighted by molar-refractivity contribution is 5.87. The number of hydroxylamine groups is 2. The van der Waals surface area contributed by atoms with E-state index in [1.165, 1.54) is 9.96 Å². The zero-order valence-corrected chi connectivity index (χ0v) is 18.5. The van der Waals surface area contributed by atoms with Crippen LogP contribution in [0.3, 0.4) is 0 Å². The van der Waals surface area contributed by atoms with Crippen molar-refractivity contribution in [2.45, 2.75) is 44.4 Å². The number of hydrogen-bond donors (Lipinski definition) is 1. The first-order valence-electron chi connectivity index (χ1n) is 10.9. The lowest BCUT2D eigenvalue weighted by Crippen LogP contribution is -2.38. The molecule has 0 aliphatic carbocycles. The Balaban J connectivity index is 1.38. The number of ether oxygens (including phenoxy) is 3. The average Bonchev–Trinajstić information content (AvgIpc) is 3.28. The van der Waals surface area contributed by atoms with E-state index >= 15 is 0 Å². The van der Waals surface area contributed by atoms with Gasteiger partial charge in [0.1, 0.15) is 31.1 Å². The molecule has 0 saturated carbocycles. The zero-order valence-electron chi connectivity index (χ0n) is 18.5. The molecule has 5 rings (SSSR count). The Labute approximate surface area is 191 Å². The maximum atomic E-state index is 13.0. The van der Waals surface area contributed by atoms with Gasteiger partial charge in [0.2, 0.25) is 0 Å². The summed E-state index contributed by atoms with van der Waals surface area (Å²) in [5.74, 6) is -1.15. The number of carboxylic acid groups (broad SMARTS) is 1. The lowest BCUT2D eigenvalue weighted by atomic mass is 9.91. The van der Waals surface area contributed by atoms with Crippen LogP contribution in [0, 0.1) is 0 Å². The van der Waals surface area contributed by atoms with Gasteiger partial charge in [-0.2, -0.15) is 5.06 Å². The molecule has 3 heterocycles. The van der Waals surface area contributed by atoms with E-state index in [-0.39, 0.29) is 19.3 Å². The Morgan fingerprint density at radius 1 is 1.18 bits per heavy atom. The number of carbonyl (C=O) groups excluding carboxylic acids is 1. The van der Waals surface area contributed by atoms with Crippen LogP contribution in [0.25, 0.3) is 0 Å². The van der Waals surface area contributed by atoms with Crippen LogP contribution in [0.1, 0.15) is 42.6 Å². The molecule has 174 valence electrons. The first-order valence-corrected chi connectivity index (χ1v) is 10.9. The van der Waals surface area contributed by atoms with Gasteiger partial charge in [-0.3, -0.25) is 4.84 Å². The molecule has 2 saturated heterocycles. The Bertz CT molecular complexity index is 1060. The van der Waals surface area contributed by atoms with Gasteiger partial charge < -0.3 is 24.2 Å². The summed E-state index contributed by atoms with van der Waals surface area (Å²) >= 11 is 0. The molecule has 1 N–H and O–H groups in total. The monoisotopic (exact) mass is 454 g/mol. The molecular weight excluding hydrogens is 428 g/mol. The van der Waals surface area contributed by atoms with Crippen molar-refractivity contribution in [2.24, 2.45) is 0 Å². The smallest absolute Gasteiger partial charge is 0.345 e. The van der Waals surface area contributed by atoms with E-state index < -0.39 is 29.9 Å². The fraction of sp³-hybridized carbons (Fsp3) is 0.417. The second kappa shape index (κ2) is 8.33. The Morgan fingerprint density at radius 3 is 2.67 bits per heavy atom. The number of rotatable bonds is 7. The highest BCUT2D eigenvalue weighted by Crippen LogP contribution is 2.45. The zero-order chi connectivity index (χ0) is 23.2. The van der Waals surface area contributed by atoms with Gasteiger partial charge >= 0.3 is 12.0 Å². The Kier molecular flexibility index (Phi) is 5.48. The molecule has 0 aromatic heterocycles. The van der Waals surface area contributed by atoms with Crippen LogP contribution in [0.15, 0.2) is 48.5 Å². The molecule has 3 aliphatic rings. The second-order valence-corrected chi connectivity index (χ2v) is 8.83. The molecule has 9 heteroatoms. The predicted molar refractivity (Wildman–Crippen MR) is 115 cm³/mol. The first kappa shape index (κ1) is 21.7. The van der Waals surface area contributed by atoms with E-state index in [9.17, 15) is 14.7 Å². The number of fused-ring (bicyclic) bond motifs is 4. The third-order valence-corrected chi connectivity index (χ3v) is 6.06. The fourth-order valence-electron chi connectivity index (χ4n) is 4.55. The molecular formula is C24H26N2O7. The van der Waals surface area contributed by atoms with Gasteiger partial charge in [0.25, 0.3) is 0 Å². The summed E-state index contributed by atoms with van der Waals surface area (Å²) in [6.45, 7) is 4.88. The molecule has 0 radical (unpaired) electrons. The highest BCUT2D eigenvalue weighted by Gasteiger charge is 2.51. The molecule has 1 unspecified atom stereocenters. The molecule has 3 aliphatic heterocycles. The van der Waals surface area contributed by atoms with Crippen LogP contribution in [0.4, 0.5) is 4.79 Å². The van der Waals surface area contributed by atoms with Crippen LogP contribution in [-0.4, -0.2) is 58.7 Å². The summed E-state index contributed by atoms with van der Waals surface area (Å²) in [7, 11) is 0. The van der Waals surface area contributed by atoms with Crippen LogP contribution in [0.2, 0.25) is 0 Å². The number of carboxylic acids is 1. The minimum atomic E-state index is -1.08. The van der Waals surface area contributed by atoms with Crippen molar-refractivity contribution >= 4 is 12.0 Å². The SMILES string of the molecule is CC1(C)OCC(COc2ccc3c(c2)[C@H]2CN(C(=O)N2OCc2ccccc2)[C@H]3C(=O)O)O1. The fourth-order valence-corrected chi connectivity index (χ4v) is 4.55. The first-order chi connectivity index (χ1) is 15.8. The van der Waals surface area contributed by atoms with Crippen molar-refractivity contribution in [1.29, 1.82) is 0 Å². The van der Waals surface area contributed by atoms with Crippen molar-refractivity contribution in [1.82, 2.24) is 9.96 Å². The van der Waals surface area contributed by atoms with E-state index in [0.717, 1.165) is 5.56 Å². The normalized spacial score (nSPS) is 25.3. The molecule has 0 spiro atoms. The number of hydrogen-bond acceptors (Lipinski definition) is 6. The van der Waals surface area contributed by atoms with Crippen LogP contribution in [-0.2, 0) is 25.7 Å². The summed E-state index contributed by atoms with van der Waals surface area (Å²) in [5, 5.41) is 11.2. The van der Waals surface area contributed by atoms with Crippen LogP contribution in [0.5, 0.6) is 5.75 Å². The molecule has 2 fully saturated rings. The number of aliphatic carboxylic acids is 1. The minimum Gasteiger partial charge on any atom is -0.491 e. The minimum absolute atomic E-state index is 0.197. The summed E-state index contributed by atoms with van der Waals surface area (Å²) in [5.41, 5.74) is 2.18. The van der Waals surface area contributed by atoms with Gasteiger partial charge in [0, 0.05) is 0 Å². The summed E-state index contributed by atoms with van der Waals surface area (Å²) < 4.78 is 17.3. The molecule has 33 heavy (non-hydrogen) atoms. The standard InChI is InChI=1S/C24H26N2O7/c1-24(2)31-14-17(33-24)13-30-16-8-9-18-19(10-16)20-11-25(21(18)22(27)28)23(29)26(20)32-12-15-6-4-3-5-7-15/h3-10,17,20-21H,11-14H2,1-2H3,(H,27,28)/t17?,20-,21-/m1/s1. The molecule has 2 aromatic rings. The van der Waals surface area contributed by atoms with Crippen molar-refractivity contribution in [2.75, 3.05) is 19.8 Å². The maximum absolute atomic E-state index is 13.0.